The number of rotatable bonds is 0. The van der Waals surface area contributed by atoms with Gasteiger partial charge in [0, 0.05) is 13.3 Å². The fourth-order valence-corrected chi connectivity index (χ4v) is 1.61. The Morgan fingerprint density at radius 1 is 1.38 bits per heavy atom. The van der Waals surface area contributed by atoms with Crippen LogP contribution in [0.4, 0.5) is 11.4 Å². The molecule has 2 heterocycles. The number of hydrogen-bond donors (Lipinski definition) is 0. The standard InChI is InChI=1S/C9H12N2O.CH4/c1-6-8-9(7(2)12-6)11(3)5-4-10-8;/h4H,5H2,1-3H3;1H4. The van der Waals surface area contributed by atoms with Crippen LogP contribution < -0.4 is 4.90 Å². The van der Waals surface area contributed by atoms with Gasteiger partial charge in [-0.1, -0.05) is 7.43 Å². The second-order valence-corrected chi connectivity index (χ2v) is 3.10. The number of aryl methyl sites for hydroxylation is 2. The van der Waals surface area contributed by atoms with Crippen molar-refractivity contribution in [2.24, 2.45) is 4.99 Å². The summed E-state index contributed by atoms with van der Waals surface area (Å²) < 4.78 is 5.48. The smallest absolute Gasteiger partial charge is 0.128 e. The Balaban J connectivity index is 0.000000845. The van der Waals surface area contributed by atoms with E-state index < -0.39 is 0 Å². The molecule has 0 N–H and O–H groups in total. The van der Waals surface area contributed by atoms with Gasteiger partial charge in [0.2, 0.25) is 0 Å². The Bertz CT molecular complexity index is 339. The van der Waals surface area contributed by atoms with Crippen LogP contribution in [0.2, 0.25) is 0 Å². The van der Waals surface area contributed by atoms with Gasteiger partial charge in [-0.15, -0.1) is 0 Å². The summed E-state index contributed by atoms with van der Waals surface area (Å²) in [5.74, 6) is 1.87. The zero-order valence-electron chi connectivity index (χ0n) is 7.59. The first kappa shape index (κ1) is 9.84. The van der Waals surface area contributed by atoms with Gasteiger partial charge < -0.3 is 9.32 Å². The Hall–Kier alpha value is -1.25. The molecule has 0 bridgehead atoms. The summed E-state index contributed by atoms with van der Waals surface area (Å²) in [6.07, 6.45) is 1.91. The predicted octanol–water partition coefficient (Wildman–Crippen LogP) is 2.68. The highest BCUT2D eigenvalue weighted by molar-refractivity contribution is 5.83. The molecule has 1 aliphatic heterocycles. The maximum absolute atomic E-state index is 5.48. The van der Waals surface area contributed by atoms with Crippen LogP contribution in [-0.4, -0.2) is 19.8 Å². The number of anilines is 1. The Morgan fingerprint density at radius 3 is 2.69 bits per heavy atom. The van der Waals surface area contributed by atoms with Gasteiger partial charge in [-0.05, 0) is 13.8 Å². The van der Waals surface area contributed by atoms with Gasteiger partial charge >= 0.3 is 0 Å². The molecule has 0 atom stereocenters. The predicted molar refractivity (Wildman–Crippen MR) is 56.3 cm³/mol. The van der Waals surface area contributed by atoms with E-state index in [1.807, 2.05) is 27.1 Å². The van der Waals surface area contributed by atoms with Crippen LogP contribution in [0.1, 0.15) is 18.9 Å². The average molecular weight is 180 g/mol. The van der Waals surface area contributed by atoms with Gasteiger partial charge in [0.1, 0.15) is 22.9 Å². The highest BCUT2D eigenvalue weighted by atomic mass is 16.3. The van der Waals surface area contributed by atoms with E-state index in [0.717, 1.165) is 29.4 Å². The summed E-state index contributed by atoms with van der Waals surface area (Å²) in [4.78, 5) is 6.45. The minimum atomic E-state index is 0. The Labute approximate surface area is 79.1 Å². The van der Waals surface area contributed by atoms with Crippen molar-refractivity contribution >= 4 is 17.6 Å². The molecule has 0 fully saturated rings. The lowest BCUT2D eigenvalue weighted by atomic mass is 10.2. The molecular formula is C10H16N2O. The first-order chi connectivity index (χ1) is 5.70. The van der Waals surface area contributed by atoms with Gasteiger partial charge in [0.25, 0.3) is 0 Å². The van der Waals surface area contributed by atoms with Crippen LogP contribution in [0.25, 0.3) is 0 Å². The number of aliphatic imine (C=N–C) groups is 1. The number of furan rings is 1. The zero-order chi connectivity index (χ0) is 8.72. The summed E-state index contributed by atoms with van der Waals surface area (Å²) in [6.45, 7) is 4.79. The second-order valence-electron chi connectivity index (χ2n) is 3.10. The third-order valence-corrected chi connectivity index (χ3v) is 2.16. The molecule has 2 rings (SSSR count). The van der Waals surface area contributed by atoms with E-state index >= 15 is 0 Å². The van der Waals surface area contributed by atoms with Gasteiger partial charge in [0.15, 0.2) is 0 Å². The largest absolute Gasteiger partial charge is 0.462 e. The highest BCUT2D eigenvalue weighted by Crippen LogP contribution is 2.38. The Morgan fingerprint density at radius 2 is 2.08 bits per heavy atom. The SMILES string of the molecule is C.Cc1oc(C)c2c1N=CCN2C. The molecule has 0 unspecified atom stereocenters. The minimum absolute atomic E-state index is 0. The van der Waals surface area contributed by atoms with Crippen LogP contribution >= 0.6 is 0 Å². The molecule has 0 amide bonds. The second kappa shape index (κ2) is 3.24. The molecule has 0 radical (unpaired) electrons. The van der Waals surface area contributed by atoms with Gasteiger partial charge in [-0.2, -0.15) is 0 Å². The van der Waals surface area contributed by atoms with Crippen molar-refractivity contribution in [1.82, 2.24) is 0 Å². The number of hydrogen-bond acceptors (Lipinski definition) is 3. The van der Waals surface area contributed by atoms with Crippen LogP contribution in [-0.2, 0) is 0 Å². The lowest BCUT2D eigenvalue weighted by Gasteiger charge is -2.19. The van der Waals surface area contributed by atoms with E-state index in [-0.39, 0.29) is 7.43 Å². The third-order valence-electron chi connectivity index (χ3n) is 2.16. The van der Waals surface area contributed by atoms with Crippen molar-refractivity contribution in [3.05, 3.63) is 11.5 Å². The zero-order valence-corrected chi connectivity index (χ0v) is 7.59. The molecule has 1 aromatic rings. The van der Waals surface area contributed by atoms with E-state index in [1.165, 1.54) is 0 Å². The molecule has 0 aromatic carbocycles. The van der Waals surface area contributed by atoms with Crippen LogP contribution in [0.5, 0.6) is 0 Å². The quantitative estimate of drug-likeness (QED) is 0.614. The number of nitrogens with zero attached hydrogens (tertiary/aromatic N) is 2. The van der Waals surface area contributed by atoms with Crippen molar-refractivity contribution in [1.29, 1.82) is 0 Å². The summed E-state index contributed by atoms with van der Waals surface area (Å²) in [6, 6.07) is 0. The lowest BCUT2D eigenvalue weighted by molar-refractivity contribution is 0.505. The average Bonchev–Trinajstić information content (AvgIpc) is 2.29. The molecule has 0 saturated carbocycles. The summed E-state index contributed by atoms with van der Waals surface area (Å²) >= 11 is 0. The first-order valence-electron chi connectivity index (χ1n) is 4.04. The number of fused-ring (bicyclic) bond motifs is 1. The fourth-order valence-electron chi connectivity index (χ4n) is 1.61. The topological polar surface area (TPSA) is 28.7 Å². The maximum Gasteiger partial charge on any atom is 0.128 e. The van der Waals surface area contributed by atoms with E-state index in [9.17, 15) is 0 Å². The molecule has 0 aliphatic carbocycles. The third kappa shape index (κ3) is 1.34. The van der Waals surface area contributed by atoms with Gasteiger partial charge in [-0.25, -0.2) is 0 Å². The molecule has 1 aliphatic rings. The van der Waals surface area contributed by atoms with Crippen molar-refractivity contribution in [2.75, 3.05) is 18.5 Å². The molecule has 3 nitrogen and oxygen atoms in total. The van der Waals surface area contributed by atoms with Crippen molar-refractivity contribution < 1.29 is 4.42 Å². The van der Waals surface area contributed by atoms with Crippen LogP contribution in [0.15, 0.2) is 9.41 Å². The summed E-state index contributed by atoms with van der Waals surface area (Å²) in [5, 5.41) is 0. The van der Waals surface area contributed by atoms with Crippen LogP contribution in [0, 0.1) is 13.8 Å². The van der Waals surface area contributed by atoms with Crippen molar-refractivity contribution in [3.8, 4) is 0 Å². The maximum atomic E-state index is 5.48. The molecule has 0 spiro atoms. The lowest BCUT2D eigenvalue weighted by Crippen LogP contribution is -2.21. The molecule has 72 valence electrons. The molecule has 1 aromatic heterocycles. The highest BCUT2D eigenvalue weighted by Gasteiger charge is 2.19. The van der Waals surface area contributed by atoms with E-state index in [1.54, 1.807) is 0 Å². The van der Waals surface area contributed by atoms with Gasteiger partial charge in [-0.3, -0.25) is 4.99 Å². The van der Waals surface area contributed by atoms with E-state index in [2.05, 4.69) is 9.89 Å². The molecule has 13 heavy (non-hydrogen) atoms. The summed E-state index contributed by atoms with van der Waals surface area (Å²) in [5.41, 5.74) is 2.12. The fraction of sp³-hybridized carbons (Fsp3) is 0.500. The minimum Gasteiger partial charge on any atom is -0.462 e. The van der Waals surface area contributed by atoms with Crippen molar-refractivity contribution in [3.63, 3.8) is 0 Å². The van der Waals surface area contributed by atoms with E-state index in [0.29, 0.717) is 0 Å². The first-order valence-corrected chi connectivity index (χ1v) is 4.04. The van der Waals surface area contributed by atoms with E-state index in [4.69, 9.17) is 4.42 Å². The molecule has 0 saturated heterocycles. The summed E-state index contributed by atoms with van der Waals surface area (Å²) in [7, 11) is 2.05. The van der Waals surface area contributed by atoms with Crippen molar-refractivity contribution in [2.45, 2.75) is 21.3 Å². The monoisotopic (exact) mass is 180 g/mol. The molecular weight excluding hydrogens is 164 g/mol. The Kier molecular flexibility index (Phi) is 2.45. The normalized spacial score (nSPS) is 13.9. The molecule has 3 heteroatoms. The van der Waals surface area contributed by atoms with Gasteiger partial charge in [0.05, 0.1) is 6.54 Å². The van der Waals surface area contributed by atoms with Crippen LogP contribution in [0.3, 0.4) is 0 Å².